The van der Waals surface area contributed by atoms with Gasteiger partial charge in [0.25, 0.3) is 0 Å². The van der Waals surface area contributed by atoms with Crippen molar-refractivity contribution in [1.29, 1.82) is 0 Å². The Bertz CT molecular complexity index is 664. The van der Waals surface area contributed by atoms with Crippen LogP contribution in [0.2, 0.25) is 0 Å². The Kier molecular flexibility index (Phi) is 3.73. The van der Waals surface area contributed by atoms with Gasteiger partial charge in [0.05, 0.1) is 22.6 Å². The third-order valence-electron chi connectivity index (χ3n) is 4.16. The number of hydrogen-bond donors (Lipinski definition) is 2. The quantitative estimate of drug-likeness (QED) is 0.906. The lowest BCUT2D eigenvalue weighted by atomic mass is 9.86. The Hall–Kier alpha value is -2.17. The number of hydrogen-bond acceptors (Lipinski definition) is 4. The number of aryl methyl sites for hydroxylation is 1. The maximum absolute atomic E-state index is 11.0. The van der Waals surface area contributed by atoms with Gasteiger partial charge in [-0.15, -0.1) is 0 Å². The largest absolute Gasteiger partial charge is 0.481 e. The Balaban J connectivity index is 1.73. The standard InChI is InChI=1S/C16H19N3O2/c1-10-15(19-14-5-3-2-4-13(14)17-10)18-12-8-6-11(7-9-12)16(20)21/h2-5,11-12H,6-9H2,1H3,(H,18,19)(H,20,21). The lowest BCUT2D eigenvalue weighted by Gasteiger charge is -2.27. The zero-order valence-corrected chi connectivity index (χ0v) is 12.0. The number of para-hydroxylation sites is 2. The monoisotopic (exact) mass is 285 g/mol. The van der Waals surface area contributed by atoms with Crippen molar-refractivity contribution in [2.75, 3.05) is 5.32 Å². The minimum absolute atomic E-state index is 0.188. The molecule has 2 N–H and O–H groups in total. The second-order valence-corrected chi connectivity index (χ2v) is 5.68. The summed E-state index contributed by atoms with van der Waals surface area (Å²) in [7, 11) is 0. The zero-order valence-electron chi connectivity index (χ0n) is 12.0. The molecule has 0 unspecified atom stereocenters. The molecule has 5 nitrogen and oxygen atoms in total. The van der Waals surface area contributed by atoms with Crippen LogP contribution in [0, 0.1) is 12.8 Å². The number of carboxylic acids is 1. The van der Waals surface area contributed by atoms with E-state index in [4.69, 9.17) is 5.11 Å². The molecule has 1 heterocycles. The first-order valence-corrected chi connectivity index (χ1v) is 7.36. The van der Waals surface area contributed by atoms with Gasteiger partial charge in [0.1, 0.15) is 5.82 Å². The Labute approximate surface area is 123 Å². The molecule has 2 aromatic rings. The van der Waals surface area contributed by atoms with E-state index in [0.717, 1.165) is 48.2 Å². The summed E-state index contributed by atoms with van der Waals surface area (Å²) in [5, 5.41) is 12.5. The van der Waals surface area contributed by atoms with Crippen LogP contribution in [0.25, 0.3) is 11.0 Å². The number of rotatable bonds is 3. The van der Waals surface area contributed by atoms with E-state index in [1.165, 1.54) is 0 Å². The molecular weight excluding hydrogens is 266 g/mol. The molecule has 1 fully saturated rings. The Morgan fingerprint density at radius 3 is 2.38 bits per heavy atom. The molecule has 0 atom stereocenters. The second kappa shape index (κ2) is 5.68. The van der Waals surface area contributed by atoms with Gasteiger partial charge in [-0.2, -0.15) is 0 Å². The molecule has 1 saturated carbocycles. The molecule has 1 aromatic heterocycles. The number of carboxylic acid groups (broad SMARTS) is 1. The molecular formula is C16H19N3O2. The zero-order chi connectivity index (χ0) is 14.8. The summed E-state index contributed by atoms with van der Waals surface area (Å²) in [5.41, 5.74) is 2.66. The predicted octanol–water partition coefficient (Wildman–Crippen LogP) is 2.99. The first kappa shape index (κ1) is 13.8. The molecule has 0 spiro atoms. The summed E-state index contributed by atoms with van der Waals surface area (Å²) in [6.45, 7) is 1.95. The summed E-state index contributed by atoms with van der Waals surface area (Å²) in [5.74, 6) is -0.0468. The molecule has 1 aliphatic carbocycles. The highest BCUT2D eigenvalue weighted by Crippen LogP contribution is 2.27. The van der Waals surface area contributed by atoms with E-state index in [-0.39, 0.29) is 12.0 Å². The van der Waals surface area contributed by atoms with Crippen molar-refractivity contribution < 1.29 is 9.90 Å². The first-order chi connectivity index (χ1) is 10.1. The van der Waals surface area contributed by atoms with E-state index < -0.39 is 5.97 Å². The summed E-state index contributed by atoms with van der Waals surface area (Å²) in [6.07, 6.45) is 3.19. The lowest BCUT2D eigenvalue weighted by molar-refractivity contribution is -0.142. The van der Waals surface area contributed by atoms with Crippen molar-refractivity contribution in [3.8, 4) is 0 Å². The molecule has 5 heteroatoms. The second-order valence-electron chi connectivity index (χ2n) is 5.68. The van der Waals surface area contributed by atoms with E-state index in [1.807, 2.05) is 31.2 Å². The fourth-order valence-corrected chi connectivity index (χ4v) is 2.90. The average molecular weight is 285 g/mol. The van der Waals surface area contributed by atoms with Crippen LogP contribution in [0.3, 0.4) is 0 Å². The predicted molar refractivity (Wildman–Crippen MR) is 81.3 cm³/mol. The summed E-state index contributed by atoms with van der Waals surface area (Å²) in [6, 6.07) is 8.10. The van der Waals surface area contributed by atoms with Crippen LogP contribution in [0.4, 0.5) is 5.82 Å². The molecule has 0 bridgehead atoms. The molecule has 0 aliphatic heterocycles. The van der Waals surface area contributed by atoms with Crippen molar-refractivity contribution in [2.45, 2.75) is 38.6 Å². The van der Waals surface area contributed by atoms with Gasteiger partial charge in [0, 0.05) is 6.04 Å². The topological polar surface area (TPSA) is 75.1 Å². The van der Waals surface area contributed by atoms with Crippen LogP contribution < -0.4 is 5.32 Å². The number of carbonyl (C=O) groups is 1. The molecule has 1 aliphatic rings. The first-order valence-electron chi connectivity index (χ1n) is 7.36. The van der Waals surface area contributed by atoms with E-state index in [9.17, 15) is 4.79 Å². The highest BCUT2D eigenvalue weighted by Gasteiger charge is 2.26. The number of nitrogens with one attached hydrogen (secondary N) is 1. The van der Waals surface area contributed by atoms with Gasteiger partial charge < -0.3 is 10.4 Å². The summed E-state index contributed by atoms with van der Waals surface area (Å²) < 4.78 is 0. The number of fused-ring (bicyclic) bond motifs is 1. The molecule has 0 radical (unpaired) electrons. The van der Waals surface area contributed by atoms with E-state index in [2.05, 4.69) is 15.3 Å². The SMILES string of the molecule is Cc1nc2ccccc2nc1NC1CCC(C(=O)O)CC1. The van der Waals surface area contributed by atoms with Gasteiger partial charge in [-0.05, 0) is 44.7 Å². The van der Waals surface area contributed by atoms with Crippen LogP contribution in [0.15, 0.2) is 24.3 Å². The van der Waals surface area contributed by atoms with E-state index in [0.29, 0.717) is 0 Å². The fourth-order valence-electron chi connectivity index (χ4n) is 2.90. The molecule has 0 saturated heterocycles. The average Bonchev–Trinajstić information content (AvgIpc) is 2.48. The van der Waals surface area contributed by atoms with Crippen molar-refractivity contribution in [3.05, 3.63) is 30.0 Å². The number of anilines is 1. The van der Waals surface area contributed by atoms with Gasteiger partial charge in [0.2, 0.25) is 0 Å². The van der Waals surface area contributed by atoms with E-state index >= 15 is 0 Å². The summed E-state index contributed by atoms with van der Waals surface area (Å²) in [4.78, 5) is 20.2. The normalized spacial score (nSPS) is 22.1. The molecule has 0 amide bonds. The van der Waals surface area contributed by atoms with Crippen LogP contribution in [0.5, 0.6) is 0 Å². The van der Waals surface area contributed by atoms with Gasteiger partial charge in [-0.25, -0.2) is 9.97 Å². The molecule has 21 heavy (non-hydrogen) atoms. The molecule has 1 aromatic carbocycles. The minimum Gasteiger partial charge on any atom is -0.481 e. The third kappa shape index (κ3) is 2.96. The van der Waals surface area contributed by atoms with Crippen LogP contribution >= 0.6 is 0 Å². The fraction of sp³-hybridized carbons (Fsp3) is 0.438. The van der Waals surface area contributed by atoms with Gasteiger partial charge >= 0.3 is 5.97 Å². The van der Waals surface area contributed by atoms with Crippen molar-refractivity contribution >= 4 is 22.8 Å². The van der Waals surface area contributed by atoms with Gasteiger partial charge in [-0.1, -0.05) is 12.1 Å². The Morgan fingerprint density at radius 2 is 1.76 bits per heavy atom. The van der Waals surface area contributed by atoms with Crippen molar-refractivity contribution in [3.63, 3.8) is 0 Å². The minimum atomic E-state index is -0.671. The highest BCUT2D eigenvalue weighted by atomic mass is 16.4. The van der Waals surface area contributed by atoms with Crippen LogP contribution in [0.1, 0.15) is 31.4 Å². The lowest BCUT2D eigenvalue weighted by Crippen LogP contribution is -2.29. The maximum Gasteiger partial charge on any atom is 0.306 e. The Morgan fingerprint density at radius 1 is 1.14 bits per heavy atom. The maximum atomic E-state index is 11.0. The van der Waals surface area contributed by atoms with Crippen LogP contribution in [-0.2, 0) is 4.79 Å². The molecule has 110 valence electrons. The van der Waals surface area contributed by atoms with Gasteiger partial charge in [-0.3, -0.25) is 4.79 Å². The molecule has 3 rings (SSSR count). The summed E-state index contributed by atoms with van der Waals surface area (Å²) >= 11 is 0. The van der Waals surface area contributed by atoms with Gasteiger partial charge in [0.15, 0.2) is 0 Å². The van der Waals surface area contributed by atoms with Crippen molar-refractivity contribution in [2.24, 2.45) is 5.92 Å². The van der Waals surface area contributed by atoms with E-state index in [1.54, 1.807) is 0 Å². The number of aliphatic carboxylic acids is 1. The number of benzene rings is 1. The van der Waals surface area contributed by atoms with Crippen molar-refractivity contribution in [1.82, 2.24) is 9.97 Å². The van der Waals surface area contributed by atoms with Crippen LogP contribution in [-0.4, -0.2) is 27.1 Å². The number of aromatic nitrogens is 2. The smallest absolute Gasteiger partial charge is 0.306 e. The number of nitrogens with zero attached hydrogens (tertiary/aromatic N) is 2. The third-order valence-corrected chi connectivity index (χ3v) is 4.16. The highest BCUT2D eigenvalue weighted by molar-refractivity contribution is 5.76.